The molecule has 16 heavy (non-hydrogen) atoms. The first-order valence-electron chi connectivity index (χ1n) is 5.55. The molecular weight excluding hydrogens is 210 g/mol. The van der Waals surface area contributed by atoms with Gasteiger partial charge in [0.1, 0.15) is 6.10 Å². The van der Waals surface area contributed by atoms with Gasteiger partial charge < -0.3 is 9.47 Å². The second-order valence-corrected chi connectivity index (χ2v) is 4.40. The van der Waals surface area contributed by atoms with E-state index in [2.05, 4.69) is 10.0 Å². The molecule has 88 valence electrons. The summed E-state index contributed by atoms with van der Waals surface area (Å²) < 4.78 is 10.7. The number of hydrogen-bond acceptors (Lipinski definition) is 4. The van der Waals surface area contributed by atoms with Gasteiger partial charge in [0, 0.05) is 23.5 Å². The minimum Gasteiger partial charge on any atom is -0.462 e. The van der Waals surface area contributed by atoms with E-state index in [4.69, 9.17) is 15.0 Å². The third-order valence-corrected chi connectivity index (χ3v) is 3.47. The van der Waals surface area contributed by atoms with E-state index in [1.807, 2.05) is 0 Å². The van der Waals surface area contributed by atoms with Crippen LogP contribution in [0.2, 0.25) is 0 Å². The van der Waals surface area contributed by atoms with Crippen molar-refractivity contribution in [2.75, 3.05) is 19.8 Å². The maximum Gasteiger partial charge on any atom is 0.306 e. The van der Waals surface area contributed by atoms with Crippen LogP contribution >= 0.6 is 0 Å². The van der Waals surface area contributed by atoms with Crippen molar-refractivity contribution < 1.29 is 14.3 Å². The molecule has 2 heterocycles. The zero-order chi connectivity index (χ0) is 11.4. The van der Waals surface area contributed by atoms with Crippen molar-refractivity contribution >= 4 is 5.97 Å². The number of rotatable bonds is 2. The molecule has 0 radical (unpaired) electrons. The Morgan fingerprint density at radius 1 is 1.50 bits per heavy atom. The monoisotopic (exact) mass is 225 g/mol. The van der Waals surface area contributed by atoms with Crippen LogP contribution in [0.1, 0.15) is 25.7 Å². The highest BCUT2D eigenvalue weighted by atomic mass is 16.6. The van der Waals surface area contributed by atoms with E-state index in [1.54, 1.807) is 0 Å². The molecule has 2 fully saturated rings. The van der Waals surface area contributed by atoms with Gasteiger partial charge in [-0.2, -0.15) is 0 Å². The van der Waals surface area contributed by atoms with Crippen molar-refractivity contribution in [1.82, 2.24) is 0 Å². The van der Waals surface area contributed by atoms with Gasteiger partial charge >= 0.3 is 5.97 Å². The summed E-state index contributed by atoms with van der Waals surface area (Å²) in [4.78, 5) is 14.1. The normalized spacial score (nSPS) is 34.2. The summed E-state index contributed by atoms with van der Waals surface area (Å²) in [7, 11) is 0. The predicted octanol–water partition coefficient (Wildman–Crippen LogP) is 1.80. The highest BCUT2D eigenvalue weighted by molar-refractivity contribution is 5.73. The lowest BCUT2D eigenvalue weighted by molar-refractivity contribution is -0.141. The second-order valence-electron chi connectivity index (χ2n) is 4.40. The molecular formula is C10H15N3O3. The van der Waals surface area contributed by atoms with Crippen molar-refractivity contribution in [3.8, 4) is 0 Å². The van der Waals surface area contributed by atoms with Gasteiger partial charge in [-0.05, 0) is 24.8 Å². The largest absolute Gasteiger partial charge is 0.462 e. The molecule has 0 aromatic rings. The fraction of sp³-hybridized carbons (Fsp3) is 0.900. The Labute approximate surface area is 93.5 Å². The van der Waals surface area contributed by atoms with Crippen molar-refractivity contribution in [3.63, 3.8) is 0 Å². The first-order valence-corrected chi connectivity index (χ1v) is 5.55. The summed E-state index contributed by atoms with van der Waals surface area (Å²) >= 11 is 0. The summed E-state index contributed by atoms with van der Waals surface area (Å²) in [6.07, 6.45) is 2.82. The van der Waals surface area contributed by atoms with Gasteiger partial charge in [0.05, 0.1) is 13.0 Å². The Balaban J connectivity index is 2.13. The Morgan fingerprint density at radius 3 is 3.19 bits per heavy atom. The summed E-state index contributed by atoms with van der Waals surface area (Å²) in [5.74, 6) is -0.181. The van der Waals surface area contributed by atoms with Crippen molar-refractivity contribution in [3.05, 3.63) is 10.4 Å². The van der Waals surface area contributed by atoms with Gasteiger partial charge in [-0.25, -0.2) is 0 Å². The van der Waals surface area contributed by atoms with Crippen LogP contribution in [-0.4, -0.2) is 31.8 Å². The molecule has 2 unspecified atom stereocenters. The number of carbonyl (C=O) groups is 1. The van der Waals surface area contributed by atoms with Gasteiger partial charge in [-0.1, -0.05) is 5.11 Å². The Kier molecular flexibility index (Phi) is 3.31. The summed E-state index contributed by atoms with van der Waals surface area (Å²) in [5, 5.41) is 3.53. The molecule has 0 saturated carbocycles. The molecule has 0 bridgehead atoms. The molecule has 1 spiro atoms. The van der Waals surface area contributed by atoms with E-state index in [0.717, 1.165) is 25.9 Å². The Morgan fingerprint density at radius 2 is 2.38 bits per heavy atom. The number of ether oxygens (including phenoxy) is 2. The first-order chi connectivity index (χ1) is 7.77. The maximum atomic E-state index is 11.4. The van der Waals surface area contributed by atoms with Gasteiger partial charge in [0.25, 0.3) is 0 Å². The van der Waals surface area contributed by atoms with Crippen LogP contribution in [-0.2, 0) is 14.3 Å². The molecule has 0 aromatic heterocycles. The lowest BCUT2D eigenvalue weighted by Crippen LogP contribution is -2.33. The van der Waals surface area contributed by atoms with Gasteiger partial charge in [0.15, 0.2) is 0 Å². The van der Waals surface area contributed by atoms with Crippen LogP contribution in [0.4, 0.5) is 0 Å². The van der Waals surface area contributed by atoms with E-state index in [-0.39, 0.29) is 24.0 Å². The lowest BCUT2D eigenvalue weighted by Gasteiger charge is -2.29. The van der Waals surface area contributed by atoms with Crippen LogP contribution in [0, 0.1) is 5.41 Å². The van der Waals surface area contributed by atoms with Crippen LogP contribution < -0.4 is 0 Å². The maximum absolute atomic E-state index is 11.4. The van der Waals surface area contributed by atoms with E-state index in [0.29, 0.717) is 13.0 Å². The van der Waals surface area contributed by atoms with E-state index >= 15 is 0 Å². The van der Waals surface area contributed by atoms with Crippen LogP contribution in [0.5, 0.6) is 0 Å². The molecule has 0 aliphatic carbocycles. The van der Waals surface area contributed by atoms with Crippen molar-refractivity contribution in [1.29, 1.82) is 0 Å². The molecule has 6 heteroatoms. The molecule has 2 aliphatic rings. The molecule has 0 N–H and O–H groups in total. The molecule has 0 amide bonds. The molecule has 6 nitrogen and oxygen atoms in total. The zero-order valence-corrected chi connectivity index (χ0v) is 9.09. The van der Waals surface area contributed by atoms with Crippen molar-refractivity contribution in [2.24, 2.45) is 10.5 Å². The average molecular weight is 225 g/mol. The summed E-state index contributed by atoms with van der Waals surface area (Å²) in [6.45, 7) is 1.63. The van der Waals surface area contributed by atoms with Crippen LogP contribution in [0.15, 0.2) is 5.11 Å². The minimum absolute atomic E-state index is 0.165. The Bertz CT molecular complexity index is 317. The second kappa shape index (κ2) is 4.72. The number of carbonyl (C=O) groups excluding carboxylic acids is 1. The minimum atomic E-state index is -0.266. The highest BCUT2D eigenvalue weighted by Gasteiger charge is 2.48. The fourth-order valence-corrected chi connectivity index (χ4v) is 2.60. The van der Waals surface area contributed by atoms with Crippen LogP contribution in [0.25, 0.3) is 10.4 Å². The third kappa shape index (κ3) is 2.13. The van der Waals surface area contributed by atoms with E-state index < -0.39 is 0 Å². The van der Waals surface area contributed by atoms with Crippen LogP contribution in [0.3, 0.4) is 0 Å². The zero-order valence-electron chi connectivity index (χ0n) is 9.09. The average Bonchev–Trinajstić information content (AvgIpc) is 2.45. The first kappa shape index (κ1) is 11.2. The third-order valence-electron chi connectivity index (χ3n) is 3.47. The van der Waals surface area contributed by atoms with Crippen molar-refractivity contribution in [2.45, 2.75) is 31.8 Å². The van der Waals surface area contributed by atoms with E-state index in [1.165, 1.54) is 0 Å². The van der Waals surface area contributed by atoms with E-state index in [9.17, 15) is 4.79 Å². The SMILES string of the molecule is [N-]=[N+]=NCC1OC(=O)CC12CCCOCC2. The summed E-state index contributed by atoms with van der Waals surface area (Å²) in [6, 6.07) is 0. The topological polar surface area (TPSA) is 84.3 Å². The van der Waals surface area contributed by atoms with Gasteiger partial charge in [-0.3, -0.25) is 4.79 Å². The predicted molar refractivity (Wildman–Crippen MR) is 55.6 cm³/mol. The standard InChI is InChI=1S/C10H15N3O3/c11-13-12-7-8-10(6-9(14)16-8)2-1-4-15-5-3-10/h8H,1-7H2. The number of esters is 1. The quantitative estimate of drug-likeness (QED) is 0.311. The summed E-state index contributed by atoms with van der Waals surface area (Å²) in [5.41, 5.74) is 8.16. The molecule has 2 rings (SSSR count). The molecule has 0 aromatic carbocycles. The fourth-order valence-electron chi connectivity index (χ4n) is 2.60. The number of nitrogens with zero attached hydrogens (tertiary/aromatic N) is 3. The Hall–Kier alpha value is -1.26. The molecule has 2 saturated heterocycles. The molecule has 2 atom stereocenters. The number of cyclic esters (lactones) is 1. The number of azide groups is 1. The smallest absolute Gasteiger partial charge is 0.306 e. The lowest BCUT2D eigenvalue weighted by atomic mass is 9.75. The van der Waals surface area contributed by atoms with Gasteiger partial charge in [0.2, 0.25) is 0 Å². The highest BCUT2D eigenvalue weighted by Crippen LogP contribution is 2.44. The molecule has 2 aliphatic heterocycles. The van der Waals surface area contributed by atoms with Gasteiger partial charge in [-0.15, -0.1) is 0 Å². The number of hydrogen-bond donors (Lipinski definition) is 0.